The van der Waals surface area contributed by atoms with Crippen molar-refractivity contribution in [2.24, 2.45) is 33.8 Å². The number of aliphatic hydroxyl groups is 1. The highest BCUT2D eigenvalue weighted by atomic mass is 16.4. The second-order valence-corrected chi connectivity index (χ2v) is 20.5. The van der Waals surface area contributed by atoms with Crippen LogP contribution in [-0.4, -0.2) is 132 Å². The number of benzene rings is 1. The molecule has 0 aromatic heterocycles. The number of amides is 7. The van der Waals surface area contributed by atoms with Gasteiger partial charge in [-0.2, -0.15) is 0 Å². The maximum atomic E-state index is 13.9. The molecular weight excluding hydrogens is 989 g/mol. The molecule has 0 unspecified atom stereocenters. The average molecular weight is 1090 g/mol. The molecule has 1 aromatic rings. The fourth-order valence-corrected chi connectivity index (χ4v) is 8.58. The van der Waals surface area contributed by atoms with Gasteiger partial charge in [0.2, 0.25) is 41.4 Å². The summed E-state index contributed by atoms with van der Waals surface area (Å²) in [6.45, 7) is 7.06. The number of aliphatic imine (C=N–C) groups is 1. The molecule has 0 spiro atoms. The average Bonchev–Trinajstić information content (AvgIpc) is 3.38. The highest BCUT2D eigenvalue weighted by molar-refractivity contribution is 5.97. The summed E-state index contributed by atoms with van der Waals surface area (Å²) >= 11 is 0. The first-order chi connectivity index (χ1) is 36.9. The van der Waals surface area contributed by atoms with Crippen LogP contribution >= 0.6 is 0 Å². The number of nitrogens with one attached hydrogen (secondary N) is 7. The molecule has 7 atom stereocenters. The van der Waals surface area contributed by atoms with E-state index in [9.17, 15) is 48.6 Å². The second kappa shape index (κ2) is 42.2. The minimum atomic E-state index is -1.61. The van der Waals surface area contributed by atoms with Gasteiger partial charge in [-0.3, -0.25) is 38.6 Å². The zero-order valence-corrected chi connectivity index (χ0v) is 46.7. The van der Waals surface area contributed by atoms with Crippen LogP contribution in [0.2, 0.25) is 0 Å². The Labute approximate surface area is 457 Å². The van der Waals surface area contributed by atoms with Crippen LogP contribution in [0.4, 0.5) is 0 Å². The summed E-state index contributed by atoms with van der Waals surface area (Å²) in [5, 5.41) is 38.6. The Morgan fingerprint density at radius 1 is 0.506 bits per heavy atom. The summed E-state index contributed by atoms with van der Waals surface area (Å²) in [6, 6.07) is -0.167. The van der Waals surface area contributed by atoms with Crippen molar-refractivity contribution < 1.29 is 48.6 Å². The fraction of sp³-hybridized carbons (Fsp3) is 0.727. The number of rotatable bonds is 45. The lowest BCUT2D eigenvalue weighted by atomic mass is 10.0. The molecular formula is C55H98N12O10. The zero-order chi connectivity index (χ0) is 57.4. The SMILES string of the molecule is CCCCCCCCCCCCCCCC(=O)N[C@@H](CCCCN)C(=O)N[C@@H](CCCCN)C(=O)N[C@@H](CO)C(=O)N[C@@H](CCCN=C(N)N)C(=O)N[C@@H](C)C(=O)N[C@@H](CC(C)C)C(=O)N[C@@H](Cc1ccccc1)C(=O)O. The maximum absolute atomic E-state index is 13.9. The van der Waals surface area contributed by atoms with E-state index in [0.29, 0.717) is 50.8 Å². The van der Waals surface area contributed by atoms with Crippen LogP contribution in [0.5, 0.6) is 0 Å². The van der Waals surface area contributed by atoms with Crippen molar-refractivity contribution in [1.82, 2.24) is 37.2 Å². The normalized spacial score (nSPS) is 13.9. The molecule has 22 nitrogen and oxygen atoms in total. The van der Waals surface area contributed by atoms with Gasteiger partial charge in [0.25, 0.3) is 0 Å². The number of hydrogen-bond donors (Lipinski definition) is 13. The number of aliphatic carboxylic acids is 1. The number of nitrogens with zero attached hydrogens (tertiary/aromatic N) is 1. The minimum absolute atomic E-state index is 0.00330. The molecule has 0 aliphatic heterocycles. The number of hydrogen-bond acceptors (Lipinski definition) is 12. The molecule has 1 rings (SSSR count). The molecule has 1 aromatic carbocycles. The molecule has 0 heterocycles. The van der Waals surface area contributed by atoms with Gasteiger partial charge < -0.3 is 70.4 Å². The van der Waals surface area contributed by atoms with Crippen molar-refractivity contribution in [1.29, 1.82) is 0 Å². The van der Waals surface area contributed by atoms with Crippen molar-refractivity contribution in [3.05, 3.63) is 35.9 Å². The molecule has 0 saturated heterocycles. The lowest BCUT2D eigenvalue weighted by Gasteiger charge is -2.27. The van der Waals surface area contributed by atoms with E-state index in [1.807, 2.05) is 13.8 Å². The molecule has 77 heavy (non-hydrogen) atoms. The Morgan fingerprint density at radius 2 is 0.935 bits per heavy atom. The molecule has 0 bridgehead atoms. The summed E-state index contributed by atoms with van der Waals surface area (Å²) in [7, 11) is 0. The van der Waals surface area contributed by atoms with Crippen molar-refractivity contribution >= 4 is 53.3 Å². The van der Waals surface area contributed by atoms with Gasteiger partial charge in [0.05, 0.1) is 6.61 Å². The Balaban J connectivity index is 3.09. The van der Waals surface area contributed by atoms with Crippen LogP contribution in [0, 0.1) is 5.92 Å². The summed E-state index contributed by atoms with van der Waals surface area (Å²) in [5.41, 5.74) is 23.1. The minimum Gasteiger partial charge on any atom is -0.480 e. The molecule has 22 heteroatoms. The van der Waals surface area contributed by atoms with Gasteiger partial charge in [-0.15, -0.1) is 0 Å². The third kappa shape index (κ3) is 32.5. The number of guanidine groups is 1. The van der Waals surface area contributed by atoms with Gasteiger partial charge >= 0.3 is 5.97 Å². The number of aliphatic hydroxyl groups excluding tert-OH is 1. The lowest BCUT2D eigenvalue weighted by molar-refractivity contribution is -0.142. The van der Waals surface area contributed by atoms with Crippen LogP contribution in [-0.2, 0) is 44.8 Å². The number of carboxylic acid groups (broad SMARTS) is 1. The number of carboxylic acids is 1. The Hall–Kier alpha value is -5.87. The fourth-order valence-electron chi connectivity index (χ4n) is 8.58. The number of carbonyl (C=O) groups is 8. The smallest absolute Gasteiger partial charge is 0.326 e. The monoisotopic (exact) mass is 1090 g/mol. The number of carbonyl (C=O) groups excluding carboxylic acids is 7. The van der Waals surface area contributed by atoms with Gasteiger partial charge in [-0.05, 0) is 95.7 Å². The predicted molar refractivity (Wildman–Crippen MR) is 300 cm³/mol. The van der Waals surface area contributed by atoms with E-state index < -0.39 is 90.3 Å². The third-order valence-electron chi connectivity index (χ3n) is 13.1. The van der Waals surface area contributed by atoms with Gasteiger partial charge in [-0.25, -0.2) is 4.79 Å². The van der Waals surface area contributed by atoms with E-state index in [1.165, 1.54) is 64.7 Å². The molecule has 438 valence electrons. The highest BCUT2D eigenvalue weighted by Gasteiger charge is 2.33. The van der Waals surface area contributed by atoms with Crippen molar-refractivity contribution in [2.45, 2.75) is 224 Å². The van der Waals surface area contributed by atoms with Crippen molar-refractivity contribution in [3.8, 4) is 0 Å². The molecule has 0 fully saturated rings. The molecule has 17 N–H and O–H groups in total. The highest BCUT2D eigenvalue weighted by Crippen LogP contribution is 2.14. The van der Waals surface area contributed by atoms with E-state index in [-0.39, 0.29) is 69.3 Å². The Kier molecular flexibility index (Phi) is 37.9. The first-order valence-electron chi connectivity index (χ1n) is 28.3. The van der Waals surface area contributed by atoms with Gasteiger partial charge in [-0.1, -0.05) is 128 Å². The molecule has 0 radical (unpaired) electrons. The Morgan fingerprint density at radius 3 is 1.42 bits per heavy atom. The first kappa shape index (κ1) is 69.1. The zero-order valence-electron chi connectivity index (χ0n) is 46.7. The van der Waals surface area contributed by atoms with Gasteiger partial charge in [0.15, 0.2) is 5.96 Å². The molecule has 0 aliphatic rings. The molecule has 7 amide bonds. The number of nitrogens with two attached hydrogens (primary N) is 4. The van der Waals surface area contributed by atoms with Crippen LogP contribution in [0.25, 0.3) is 0 Å². The molecule has 0 aliphatic carbocycles. The van der Waals surface area contributed by atoms with E-state index in [2.05, 4.69) is 49.1 Å². The van der Waals surface area contributed by atoms with E-state index in [0.717, 1.165) is 19.3 Å². The summed E-state index contributed by atoms with van der Waals surface area (Å²) < 4.78 is 0. The first-order valence-corrected chi connectivity index (χ1v) is 28.3. The lowest BCUT2D eigenvalue weighted by Crippen LogP contribution is -2.60. The quantitative estimate of drug-likeness (QED) is 0.0254. The van der Waals surface area contributed by atoms with Crippen LogP contribution in [0.1, 0.15) is 181 Å². The topological polar surface area (TPSA) is 378 Å². The summed E-state index contributed by atoms with van der Waals surface area (Å²) in [6.07, 6.45) is 18.1. The van der Waals surface area contributed by atoms with Crippen LogP contribution in [0.15, 0.2) is 35.3 Å². The van der Waals surface area contributed by atoms with Crippen LogP contribution < -0.4 is 60.2 Å². The second-order valence-electron chi connectivity index (χ2n) is 20.5. The predicted octanol–water partition coefficient (Wildman–Crippen LogP) is 2.56. The van der Waals surface area contributed by atoms with Gasteiger partial charge in [0.1, 0.15) is 42.3 Å². The van der Waals surface area contributed by atoms with E-state index in [4.69, 9.17) is 22.9 Å². The van der Waals surface area contributed by atoms with E-state index >= 15 is 0 Å². The largest absolute Gasteiger partial charge is 0.480 e. The number of unbranched alkanes of at least 4 members (excludes halogenated alkanes) is 14. The Bertz CT molecular complexity index is 1910. The summed E-state index contributed by atoms with van der Waals surface area (Å²) in [5.74, 6) is -6.60. The third-order valence-corrected chi connectivity index (χ3v) is 13.1. The van der Waals surface area contributed by atoms with Gasteiger partial charge in [0, 0.05) is 19.4 Å². The summed E-state index contributed by atoms with van der Waals surface area (Å²) in [4.78, 5) is 112. The standard InChI is InChI=1S/C55H98N12O10/c1-5-6-7-8-9-10-11-12-13-14-15-16-20-31-47(69)62-41(28-21-23-32-56)50(72)63-42(29-22-24-33-57)51(73)67-46(37-68)53(75)64-43(30-25-34-60-55(58)59)49(71)61-39(4)48(70)65-44(35-38(2)3)52(74)66-45(54(76)77)36-40-26-18-17-19-27-40/h17-19,26-27,38-39,41-46,68H,5-16,20-25,28-37,56-57H2,1-4H3,(H,61,71)(H,62,69)(H,63,72)(H,64,75)(H,65,70)(H,66,74)(H,67,73)(H,76,77)(H4,58,59,60)/t39-,41-,42-,43-,44-,45-,46-/m0/s1. The van der Waals surface area contributed by atoms with Crippen LogP contribution in [0.3, 0.4) is 0 Å². The van der Waals surface area contributed by atoms with Crippen molar-refractivity contribution in [2.75, 3.05) is 26.2 Å². The molecule has 0 saturated carbocycles. The maximum Gasteiger partial charge on any atom is 0.326 e. The van der Waals surface area contributed by atoms with E-state index in [1.54, 1.807) is 30.3 Å². The van der Waals surface area contributed by atoms with Crippen molar-refractivity contribution in [3.63, 3.8) is 0 Å².